The summed E-state index contributed by atoms with van der Waals surface area (Å²) in [5, 5.41) is 10.2. The van der Waals surface area contributed by atoms with Crippen molar-refractivity contribution in [2.24, 2.45) is 7.05 Å². The zero-order valence-electron chi connectivity index (χ0n) is 14.5. The normalized spacial score (nSPS) is 12.7. The Balaban J connectivity index is 1.53. The highest BCUT2D eigenvalue weighted by Gasteiger charge is 2.22. The first-order valence-electron chi connectivity index (χ1n) is 8.38. The average molecular weight is 358 g/mol. The van der Waals surface area contributed by atoms with Crippen molar-refractivity contribution in [1.29, 1.82) is 0 Å². The van der Waals surface area contributed by atoms with Crippen molar-refractivity contribution in [3.8, 4) is 0 Å². The molecule has 132 valence electrons. The van der Waals surface area contributed by atoms with E-state index in [-0.39, 0.29) is 24.7 Å². The van der Waals surface area contributed by atoms with Gasteiger partial charge in [-0.1, -0.05) is 25.1 Å². The zero-order chi connectivity index (χ0) is 17.8. The number of carbonyl (C=O) groups excluding carboxylic acids is 2. The Morgan fingerprint density at radius 1 is 1.16 bits per heavy atom. The summed E-state index contributed by atoms with van der Waals surface area (Å²) in [6.45, 7) is 2.04. The van der Waals surface area contributed by atoms with E-state index < -0.39 is 0 Å². The van der Waals surface area contributed by atoms with E-state index in [1.807, 2.05) is 38.2 Å². The molecule has 1 aliphatic rings. The second kappa shape index (κ2) is 7.74. The van der Waals surface area contributed by atoms with E-state index in [1.54, 1.807) is 16.4 Å². The van der Waals surface area contributed by atoms with Gasteiger partial charge in [-0.25, -0.2) is 0 Å². The van der Waals surface area contributed by atoms with Crippen molar-refractivity contribution in [1.82, 2.24) is 9.78 Å². The minimum Gasteiger partial charge on any atom is -0.326 e. The van der Waals surface area contributed by atoms with Gasteiger partial charge in [-0.3, -0.25) is 14.3 Å². The van der Waals surface area contributed by atoms with E-state index in [0.717, 1.165) is 46.3 Å². The lowest BCUT2D eigenvalue weighted by molar-refractivity contribution is -0.121. The van der Waals surface area contributed by atoms with Crippen molar-refractivity contribution in [3.05, 3.63) is 41.1 Å². The molecule has 1 aliphatic heterocycles. The maximum Gasteiger partial charge on any atom is 0.226 e. The van der Waals surface area contributed by atoms with Crippen molar-refractivity contribution < 1.29 is 9.59 Å². The van der Waals surface area contributed by atoms with Crippen LogP contribution in [-0.2, 0) is 34.6 Å². The summed E-state index contributed by atoms with van der Waals surface area (Å²) in [5.74, 6) is 2.19. The molecule has 0 unspecified atom stereocenters. The number of thioether (sulfide) groups is 1. The maximum atomic E-state index is 12.2. The molecule has 7 heteroatoms. The van der Waals surface area contributed by atoms with Gasteiger partial charge in [0.15, 0.2) is 0 Å². The number of aromatic nitrogens is 2. The van der Waals surface area contributed by atoms with Gasteiger partial charge in [0, 0.05) is 42.6 Å². The van der Waals surface area contributed by atoms with Crippen molar-refractivity contribution in [3.63, 3.8) is 0 Å². The van der Waals surface area contributed by atoms with Crippen molar-refractivity contribution in [2.45, 2.75) is 37.7 Å². The van der Waals surface area contributed by atoms with Crippen LogP contribution < -0.4 is 10.6 Å². The molecule has 2 amide bonds. The van der Waals surface area contributed by atoms with Gasteiger partial charge in [-0.15, -0.1) is 0 Å². The number of amides is 2. The van der Waals surface area contributed by atoms with Crippen LogP contribution in [0, 0.1) is 0 Å². The van der Waals surface area contributed by atoms with Crippen LogP contribution in [0.3, 0.4) is 0 Å². The molecule has 0 saturated heterocycles. The average Bonchev–Trinajstić information content (AvgIpc) is 3.16. The van der Waals surface area contributed by atoms with E-state index in [9.17, 15) is 9.59 Å². The van der Waals surface area contributed by atoms with Gasteiger partial charge in [0.1, 0.15) is 5.82 Å². The third-order valence-electron chi connectivity index (χ3n) is 4.22. The molecule has 0 aliphatic carbocycles. The van der Waals surface area contributed by atoms with Crippen LogP contribution >= 0.6 is 11.8 Å². The third kappa shape index (κ3) is 4.04. The Bertz CT molecular complexity index is 800. The molecular formula is C18H22N4O2S. The predicted molar refractivity (Wildman–Crippen MR) is 101 cm³/mol. The van der Waals surface area contributed by atoms with Gasteiger partial charge in [0.05, 0.1) is 5.69 Å². The minimum atomic E-state index is -0.165. The lowest BCUT2D eigenvalue weighted by atomic mass is 10.1. The number of benzene rings is 1. The molecule has 0 fully saturated rings. The van der Waals surface area contributed by atoms with Gasteiger partial charge in [0.25, 0.3) is 0 Å². The number of anilines is 2. The molecule has 2 heterocycles. The summed E-state index contributed by atoms with van der Waals surface area (Å²) in [5.41, 5.74) is 4.04. The monoisotopic (exact) mass is 358 g/mol. The van der Waals surface area contributed by atoms with Crippen molar-refractivity contribution >= 4 is 35.1 Å². The van der Waals surface area contributed by atoms with Crippen LogP contribution in [0.4, 0.5) is 11.5 Å². The van der Waals surface area contributed by atoms with Crippen LogP contribution in [0.2, 0.25) is 0 Å². The van der Waals surface area contributed by atoms with E-state index in [2.05, 4.69) is 15.7 Å². The molecule has 2 N–H and O–H groups in total. The fraction of sp³-hybridized carbons (Fsp3) is 0.389. The molecule has 0 bridgehead atoms. The summed E-state index contributed by atoms with van der Waals surface area (Å²) < 4.78 is 1.71. The van der Waals surface area contributed by atoms with Crippen LogP contribution in [-0.4, -0.2) is 21.6 Å². The highest BCUT2D eigenvalue weighted by Crippen LogP contribution is 2.34. The number of carbonyl (C=O) groups is 2. The molecule has 1 aromatic carbocycles. The number of aryl methyl sites for hydroxylation is 2. The summed E-state index contributed by atoms with van der Waals surface area (Å²) in [6, 6.07) is 7.71. The summed E-state index contributed by atoms with van der Waals surface area (Å²) in [6.07, 6.45) is 1.15. The topological polar surface area (TPSA) is 76.0 Å². The molecule has 0 spiro atoms. The van der Waals surface area contributed by atoms with Gasteiger partial charge in [-0.05, 0) is 18.1 Å². The number of nitrogens with zero attached hydrogens (tertiary/aromatic N) is 2. The Hall–Kier alpha value is -2.28. The molecule has 0 radical (unpaired) electrons. The highest BCUT2D eigenvalue weighted by molar-refractivity contribution is 7.98. The van der Waals surface area contributed by atoms with Gasteiger partial charge >= 0.3 is 0 Å². The first-order valence-corrected chi connectivity index (χ1v) is 9.54. The molecule has 1 aromatic heterocycles. The molecular weight excluding hydrogens is 336 g/mol. The number of para-hydroxylation sites is 1. The Kier molecular flexibility index (Phi) is 5.43. The SMILES string of the molecule is CCc1ccccc1NC(=O)CCC(=O)Nc1c2c(nn1C)CSC2. The molecule has 25 heavy (non-hydrogen) atoms. The number of hydrogen-bond donors (Lipinski definition) is 2. The standard InChI is InChI=1S/C18H22N4O2S/c1-3-12-6-4-5-7-14(12)19-16(23)8-9-17(24)20-18-13-10-25-11-15(13)21-22(18)2/h4-7H,3,8-11H2,1-2H3,(H,19,23)(H,20,24). The Labute approximate surface area is 151 Å². The number of rotatable bonds is 6. The van der Waals surface area contributed by atoms with Gasteiger partial charge in [-0.2, -0.15) is 16.9 Å². The quantitative estimate of drug-likeness (QED) is 0.832. The number of fused-ring (bicyclic) bond motifs is 1. The second-order valence-corrected chi connectivity index (χ2v) is 6.98. The van der Waals surface area contributed by atoms with E-state index in [4.69, 9.17) is 0 Å². The summed E-state index contributed by atoms with van der Waals surface area (Å²) in [4.78, 5) is 24.3. The Morgan fingerprint density at radius 2 is 1.88 bits per heavy atom. The van der Waals surface area contributed by atoms with Crippen LogP contribution in [0.5, 0.6) is 0 Å². The van der Waals surface area contributed by atoms with E-state index >= 15 is 0 Å². The van der Waals surface area contributed by atoms with Gasteiger partial charge < -0.3 is 10.6 Å². The van der Waals surface area contributed by atoms with Crippen LogP contribution in [0.1, 0.15) is 36.6 Å². The van der Waals surface area contributed by atoms with Crippen LogP contribution in [0.15, 0.2) is 24.3 Å². The molecule has 0 saturated carbocycles. The molecule has 2 aromatic rings. The van der Waals surface area contributed by atoms with Crippen LogP contribution in [0.25, 0.3) is 0 Å². The summed E-state index contributed by atoms with van der Waals surface area (Å²) in [7, 11) is 1.83. The predicted octanol–water partition coefficient (Wildman–Crippen LogP) is 3.09. The van der Waals surface area contributed by atoms with E-state index in [1.165, 1.54) is 0 Å². The number of hydrogen-bond acceptors (Lipinski definition) is 4. The zero-order valence-corrected chi connectivity index (χ0v) is 15.3. The van der Waals surface area contributed by atoms with Gasteiger partial charge in [0.2, 0.25) is 11.8 Å². The minimum absolute atomic E-state index is 0.146. The Morgan fingerprint density at radius 3 is 2.64 bits per heavy atom. The molecule has 3 rings (SSSR count). The maximum absolute atomic E-state index is 12.2. The first kappa shape index (κ1) is 17.5. The molecule has 6 nitrogen and oxygen atoms in total. The fourth-order valence-electron chi connectivity index (χ4n) is 2.88. The molecule has 0 atom stereocenters. The smallest absolute Gasteiger partial charge is 0.226 e. The van der Waals surface area contributed by atoms with E-state index in [0.29, 0.717) is 0 Å². The first-order chi connectivity index (χ1) is 12.1. The third-order valence-corrected chi connectivity index (χ3v) is 5.19. The lowest BCUT2D eigenvalue weighted by Crippen LogP contribution is -2.19. The second-order valence-electron chi connectivity index (χ2n) is 6.00. The van der Waals surface area contributed by atoms with Crippen molar-refractivity contribution in [2.75, 3.05) is 10.6 Å². The summed E-state index contributed by atoms with van der Waals surface area (Å²) >= 11 is 1.79. The number of nitrogens with one attached hydrogen (secondary N) is 2. The largest absolute Gasteiger partial charge is 0.326 e. The highest BCUT2D eigenvalue weighted by atomic mass is 32.2. The lowest BCUT2D eigenvalue weighted by Gasteiger charge is -2.10. The fourth-order valence-corrected chi connectivity index (χ4v) is 3.92.